The molecule has 0 bridgehead atoms. The summed E-state index contributed by atoms with van der Waals surface area (Å²) in [6.07, 6.45) is 3.15. The molecule has 4 heteroatoms. The van der Waals surface area contributed by atoms with Crippen molar-refractivity contribution in [2.24, 2.45) is 0 Å². The minimum Gasteiger partial charge on any atom is -0.497 e. The number of aromatic nitrogens is 1. The van der Waals surface area contributed by atoms with Gasteiger partial charge in [0.15, 0.2) is 0 Å². The Kier molecular flexibility index (Phi) is 3.57. The summed E-state index contributed by atoms with van der Waals surface area (Å²) in [6, 6.07) is 9.25. The molecule has 0 radical (unpaired) electrons. The SMILES string of the molecule is COC(=O)c1cnccc1-c1ccc(OC)cc1. The van der Waals surface area contributed by atoms with Crippen LogP contribution in [0, 0.1) is 0 Å². The van der Waals surface area contributed by atoms with Crippen molar-refractivity contribution in [2.45, 2.75) is 0 Å². The van der Waals surface area contributed by atoms with E-state index in [0.29, 0.717) is 5.56 Å². The largest absolute Gasteiger partial charge is 0.497 e. The van der Waals surface area contributed by atoms with Crippen LogP contribution in [-0.2, 0) is 4.74 Å². The highest BCUT2D eigenvalue weighted by Gasteiger charge is 2.12. The number of carbonyl (C=O) groups excluding carboxylic acids is 1. The lowest BCUT2D eigenvalue weighted by Crippen LogP contribution is -2.04. The quantitative estimate of drug-likeness (QED) is 0.777. The molecule has 2 rings (SSSR count). The zero-order chi connectivity index (χ0) is 13.0. The topological polar surface area (TPSA) is 48.4 Å². The van der Waals surface area contributed by atoms with Crippen molar-refractivity contribution >= 4 is 5.97 Å². The zero-order valence-electron chi connectivity index (χ0n) is 10.2. The number of nitrogens with zero attached hydrogens (tertiary/aromatic N) is 1. The monoisotopic (exact) mass is 243 g/mol. The van der Waals surface area contributed by atoms with Gasteiger partial charge >= 0.3 is 5.97 Å². The number of esters is 1. The van der Waals surface area contributed by atoms with Gasteiger partial charge in [-0.3, -0.25) is 4.98 Å². The molecule has 0 N–H and O–H groups in total. The molecule has 0 aliphatic carbocycles. The van der Waals surface area contributed by atoms with Crippen LogP contribution in [0.2, 0.25) is 0 Å². The molecule has 0 saturated heterocycles. The van der Waals surface area contributed by atoms with Crippen molar-refractivity contribution in [1.29, 1.82) is 0 Å². The molecule has 0 unspecified atom stereocenters. The standard InChI is InChI=1S/C14H13NO3/c1-17-11-5-3-10(4-6-11)12-7-8-15-9-13(12)14(16)18-2/h3-9H,1-2H3. The van der Waals surface area contributed by atoms with Crippen molar-refractivity contribution in [3.63, 3.8) is 0 Å². The van der Waals surface area contributed by atoms with E-state index in [4.69, 9.17) is 9.47 Å². The lowest BCUT2D eigenvalue weighted by Gasteiger charge is -2.08. The second-order valence-electron chi connectivity index (χ2n) is 3.64. The van der Waals surface area contributed by atoms with E-state index in [1.54, 1.807) is 19.4 Å². The molecule has 1 aromatic heterocycles. The fraction of sp³-hybridized carbons (Fsp3) is 0.143. The van der Waals surface area contributed by atoms with Crippen LogP contribution in [0.1, 0.15) is 10.4 Å². The summed E-state index contributed by atoms with van der Waals surface area (Å²) in [5.41, 5.74) is 2.16. The number of benzene rings is 1. The first-order valence-corrected chi connectivity index (χ1v) is 5.43. The molecule has 2 aromatic rings. The molecule has 0 aliphatic rings. The third kappa shape index (κ3) is 2.32. The minimum atomic E-state index is -0.395. The number of carbonyl (C=O) groups is 1. The number of hydrogen-bond donors (Lipinski definition) is 0. The van der Waals surface area contributed by atoms with Crippen LogP contribution in [-0.4, -0.2) is 25.2 Å². The Morgan fingerprint density at radius 3 is 2.44 bits per heavy atom. The zero-order valence-corrected chi connectivity index (χ0v) is 10.2. The second-order valence-corrected chi connectivity index (χ2v) is 3.64. The van der Waals surface area contributed by atoms with E-state index in [1.165, 1.54) is 13.3 Å². The first-order valence-electron chi connectivity index (χ1n) is 5.43. The van der Waals surface area contributed by atoms with Crippen LogP contribution < -0.4 is 4.74 Å². The van der Waals surface area contributed by atoms with Gasteiger partial charge in [0, 0.05) is 12.4 Å². The summed E-state index contributed by atoms with van der Waals surface area (Å²) < 4.78 is 9.84. The molecule has 0 saturated carbocycles. The highest BCUT2D eigenvalue weighted by Crippen LogP contribution is 2.25. The van der Waals surface area contributed by atoms with Crippen LogP contribution in [0.4, 0.5) is 0 Å². The van der Waals surface area contributed by atoms with E-state index in [9.17, 15) is 4.79 Å². The van der Waals surface area contributed by atoms with Gasteiger partial charge in [0.1, 0.15) is 5.75 Å². The summed E-state index contributed by atoms with van der Waals surface area (Å²) in [4.78, 5) is 15.6. The van der Waals surface area contributed by atoms with Crippen LogP contribution in [0.3, 0.4) is 0 Å². The molecule has 0 atom stereocenters. The van der Waals surface area contributed by atoms with Crippen molar-refractivity contribution in [3.8, 4) is 16.9 Å². The Labute approximate surface area is 105 Å². The van der Waals surface area contributed by atoms with Crippen LogP contribution in [0.25, 0.3) is 11.1 Å². The van der Waals surface area contributed by atoms with E-state index >= 15 is 0 Å². The molecule has 0 amide bonds. The van der Waals surface area contributed by atoms with E-state index in [2.05, 4.69) is 4.98 Å². The highest BCUT2D eigenvalue weighted by molar-refractivity contribution is 5.96. The fourth-order valence-electron chi connectivity index (χ4n) is 1.69. The molecule has 0 spiro atoms. The van der Waals surface area contributed by atoms with Gasteiger partial charge in [-0.15, -0.1) is 0 Å². The smallest absolute Gasteiger partial charge is 0.340 e. The molecular formula is C14H13NO3. The Morgan fingerprint density at radius 2 is 1.83 bits per heavy atom. The van der Waals surface area contributed by atoms with Gasteiger partial charge in [-0.2, -0.15) is 0 Å². The summed E-state index contributed by atoms with van der Waals surface area (Å²) >= 11 is 0. The third-order valence-electron chi connectivity index (χ3n) is 2.63. The number of hydrogen-bond acceptors (Lipinski definition) is 4. The summed E-state index contributed by atoms with van der Waals surface area (Å²) in [5, 5.41) is 0. The van der Waals surface area contributed by atoms with Gasteiger partial charge in [-0.1, -0.05) is 12.1 Å². The van der Waals surface area contributed by atoms with E-state index in [-0.39, 0.29) is 0 Å². The fourth-order valence-corrected chi connectivity index (χ4v) is 1.69. The Bertz CT molecular complexity index is 549. The molecule has 1 heterocycles. The lowest BCUT2D eigenvalue weighted by atomic mass is 10.0. The minimum absolute atomic E-state index is 0.395. The van der Waals surface area contributed by atoms with E-state index in [0.717, 1.165) is 16.9 Å². The lowest BCUT2D eigenvalue weighted by molar-refractivity contribution is 0.0601. The van der Waals surface area contributed by atoms with Crippen molar-refractivity contribution < 1.29 is 14.3 Å². The Balaban J connectivity index is 2.46. The maximum absolute atomic E-state index is 11.6. The Morgan fingerprint density at radius 1 is 1.11 bits per heavy atom. The molecular weight excluding hydrogens is 230 g/mol. The molecule has 1 aromatic carbocycles. The van der Waals surface area contributed by atoms with Crippen molar-refractivity contribution in [1.82, 2.24) is 4.98 Å². The van der Waals surface area contributed by atoms with Crippen molar-refractivity contribution in [3.05, 3.63) is 48.3 Å². The van der Waals surface area contributed by atoms with Gasteiger partial charge in [-0.05, 0) is 29.3 Å². The maximum Gasteiger partial charge on any atom is 0.340 e. The molecule has 0 aliphatic heterocycles. The van der Waals surface area contributed by atoms with Crippen LogP contribution in [0.15, 0.2) is 42.7 Å². The average molecular weight is 243 g/mol. The molecule has 92 valence electrons. The van der Waals surface area contributed by atoms with Gasteiger partial charge in [-0.25, -0.2) is 4.79 Å². The molecule has 18 heavy (non-hydrogen) atoms. The second kappa shape index (κ2) is 5.31. The number of pyridine rings is 1. The predicted octanol–water partition coefficient (Wildman–Crippen LogP) is 2.54. The van der Waals surface area contributed by atoms with Crippen LogP contribution in [0.5, 0.6) is 5.75 Å². The van der Waals surface area contributed by atoms with Gasteiger partial charge in [0.05, 0.1) is 19.8 Å². The summed E-state index contributed by atoms with van der Waals surface area (Å²) in [7, 11) is 2.97. The molecule has 4 nitrogen and oxygen atoms in total. The van der Waals surface area contributed by atoms with Crippen LogP contribution >= 0.6 is 0 Å². The van der Waals surface area contributed by atoms with E-state index in [1.807, 2.05) is 24.3 Å². The van der Waals surface area contributed by atoms with Crippen molar-refractivity contribution in [2.75, 3.05) is 14.2 Å². The predicted molar refractivity (Wildman–Crippen MR) is 67.6 cm³/mol. The number of rotatable bonds is 3. The summed E-state index contributed by atoms with van der Waals surface area (Å²) in [5.74, 6) is 0.376. The summed E-state index contributed by atoms with van der Waals surface area (Å²) in [6.45, 7) is 0. The molecule has 0 fully saturated rings. The number of methoxy groups -OCH3 is 2. The maximum atomic E-state index is 11.6. The average Bonchev–Trinajstić information content (AvgIpc) is 2.46. The third-order valence-corrected chi connectivity index (χ3v) is 2.63. The van der Waals surface area contributed by atoms with E-state index < -0.39 is 5.97 Å². The normalized spacial score (nSPS) is 9.89. The van der Waals surface area contributed by atoms with Gasteiger partial charge in [0.2, 0.25) is 0 Å². The van der Waals surface area contributed by atoms with Gasteiger partial charge in [0.25, 0.3) is 0 Å². The first-order chi connectivity index (χ1) is 8.76. The first kappa shape index (κ1) is 12.1. The number of ether oxygens (including phenoxy) is 2. The highest BCUT2D eigenvalue weighted by atomic mass is 16.5. The van der Waals surface area contributed by atoms with Gasteiger partial charge < -0.3 is 9.47 Å². The Hall–Kier alpha value is -2.36.